The fraction of sp³-hybridized carbons (Fsp3) is 0.429. The summed E-state index contributed by atoms with van der Waals surface area (Å²) in [6.07, 6.45) is 3.64. The molecule has 0 unspecified atom stereocenters. The highest BCUT2D eigenvalue weighted by Gasteiger charge is 2.16. The van der Waals surface area contributed by atoms with Gasteiger partial charge < -0.3 is 15.0 Å². The van der Waals surface area contributed by atoms with Crippen molar-refractivity contribution in [2.24, 2.45) is 0 Å². The van der Waals surface area contributed by atoms with Gasteiger partial charge in [0.25, 0.3) is 0 Å². The Hall–Kier alpha value is -2.39. The molecule has 1 aromatic carbocycles. The minimum atomic E-state index is -0.112. The monoisotopic (exact) mass is 445 g/mol. The van der Waals surface area contributed by atoms with Crippen LogP contribution in [-0.2, 0) is 4.79 Å². The van der Waals surface area contributed by atoms with Crippen LogP contribution in [0.5, 0.6) is 5.75 Å². The number of methoxy groups -OCH3 is 1. The second-order valence-electron chi connectivity index (χ2n) is 6.86. The predicted octanol–water partition coefficient (Wildman–Crippen LogP) is 4.76. The van der Waals surface area contributed by atoms with Gasteiger partial charge in [-0.25, -0.2) is 9.97 Å². The molecule has 0 aliphatic rings. The number of fused-ring (bicyclic) bond motifs is 1. The maximum absolute atomic E-state index is 12.5. The number of carbonyl (C=O) groups excluding carboxylic acids is 1. The van der Waals surface area contributed by atoms with E-state index < -0.39 is 0 Å². The molecule has 0 aliphatic carbocycles. The van der Waals surface area contributed by atoms with Gasteiger partial charge in [-0.05, 0) is 37.5 Å². The fourth-order valence-corrected chi connectivity index (χ4v) is 4.99. The normalized spacial score (nSPS) is 10.9. The van der Waals surface area contributed by atoms with Crippen molar-refractivity contribution in [1.29, 1.82) is 0 Å². The third-order valence-corrected chi connectivity index (χ3v) is 6.60. The van der Waals surface area contributed by atoms with Crippen molar-refractivity contribution < 1.29 is 9.53 Å². The fourth-order valence-electron chi connectivity index (χ4n) is 3.04. The maximum atomic E-state index is 12.5. The van der Waals surface area contributed by atoms with Crippen molar-refractivity contribution in [3.63, 3.8) is 0 Å². The topological polar surface area (TPSA) is 80.2 Å². The Morgan fingerprint density at radius 3 is 2.70 bits per heavy atom. The second kappa shape index (κ2) is 10.6. The molecule has 3 aromatic rings. The number of nitrogens with zero attached hydrogens (tertiary/aromatic N) is 4. The van der Waals surface area contributed by atoms with Crippen LogP contribution in [0.1, 0.15) is 32.3 Å². The molecule has 2 aromatic heterocycles. The molecule has 2 heterocycles. The summed E-state index contributed by atoms with van der Waals surface area (Å²) in [5.41, 5.74) is 2.41. The highest BCUT2D eigenvalue weighted by atomic mass is 32.2. The zero-order chi connectivity index (χ0) is 21.5. The van der Waals surface area contributed by atoms with Crippen LogP contribution >= 0.6 is 23.1 Å². The van der Waals surface area contributed by atoms with Crippen LogP contribution in [0.25, 0.3) is 10.3 Å². The lowest BCUT2D eigenvalue weighted by Crippen LogP contribution is -2.24. The number of hydrogen-bond donors (Lipinski definition) is 1. The number of ether oxygens (including phenoxy) is 1. The molecule has 1 N–H and O–H groups in total. The van der Waals surface area contributed by atoms with Crippen LogP contribution < -0.4 is 15.0 Å². The maximum Gasteiger partial charge on any atom is 0.234 e. The van der Waals surface area contributed by atoms with E-state index in [0.29, 0.717) is 17.1 Å². The molecule has 7 nitrogen and oxygen atoms in total. The number of aromatic nitrogens is 3. The standard InChI is InChI=1S/C21H27N5O2S2/c1-5-9-26(10-6-2)21-25-19-18(30-21)20(23-13-22-19)29-12-17(27)24-15-11-14(3)7-8-16(15)28-4/h7-8,11,13H,5-6,9-10,12H2,1-4H3,(H,24,27). The van der Waals surface area contributed by atoms with E-state index in [9.17, 15) is 4.79 Å². The molecule has 160 valence electrons. The van der Waals surface area contributed by atoms with Crippen molar-refractivity contribution in [1.82, 2.24) is 15.0 Å². The molecular weight excluding hydrogens is 418 g/mol. The van der Waals surface area contributed by atoms with Gasteiger partial charge in [-0.1, -0.05) is 43.0 Å². The highest BCUT2D eigenvalue weighted by Crippen LogP contribution is 2.34. The van der Waals surface area contributed by atoms with Gasteiger partial charge in [-0.3, -0.25) is 4.79 Å². The van der Waals surface area contributed by atoms with Crippen LogP contribution in [0.15, 0.2) is 29.6 Å². The van der Waals surface area contributed by atoms with Crippen molar-refractivity contribution in [2.75, 3.05) is 36.2 Å². The van der Waals surface area contributed by atoms with Gasteiger partial charge in [-0.15, -0.1) is 0 Å². The van der Waals surface area contributed by atoms with Gasteiger partial charge in [0.1, 0.15) is 21.8 Å². The molecule has 1 amide bonds. The smallest absolute Gasteiger partial charge is 0.234 e. The van der Waals surface area contributed by atoms with E-state index in [1.165, 1.54) is 18.1 Å². The molecule has 0 aliphatic heterocycles. The summed E-state index contributed by atoms with van der Waals surface area (Å²) < 4.78 is 6.26. The molecule has 3 rings (SSSR count). The molecule has 0 saturated heterocycles. The Balaban J connectivity index is 1.73. The number of hydrogen-bond acceptors (Lipinski definition) is 8. The molecular formula is C21H27N5O2S2. The van der Waals surface area contributed by atoms with E-state index in [2.05, 4.69) is 34.0 Å². The molecule has 0 bridgehead atoms. The lowest BCUT2D eigenvalue weighted by atomic mass is 10.2. The molecule has 0 radical (unpaired) electrons. The van der Waals surface area contributed by atoms with Gasteiger partial charge in [-0.2, -0.15) is 4.98 Å². The molecule has 0 saturated carbocycles. The molecule has 9 heteroatoms. The highest BCUT2D eigenvalue weighted by molar-refractivity contribution is 8.00. The first-order valence-electron chi connectivity index (χ1n) is 9.99. The summed E-state index contributed by atoms with van der Waals surface area (Å²) in [6, 6.07) is 5.70. The van der Waals surface area contributed by atoms with Gasteiger partial charge in [0.2, 0.25) is 5.91 Å². The van der Waals surface area contributed by atoms with E-state index in [4.69, 9.17) is 9.72 Å². The first kappa shape index (κ1) is 22.3. The van der Waals surface area contributed by atoms with Crippen LogP contribution in [0.4, 0.5) is 10.8 Å². The predicted molar refractivity (Wildman–Crippen MR) is 125 cm³/mol. The molecule has 0 fully saturated rings. The van der Waals surface area contributed by atoms with E-state index in [-0.39, 0.29) is 11.7 Å². The number of aryl methyl sites for hydroxylation is 1. The minimum Gasteiger partial charge on any atom is -0.495 e. The van der Waals surface area contributed by atoms with Gasteiger partial charge in [0.15, 0.2) is 10.8 Å². The van der Waals surface area contributed by atoms with E-state index in [1.54, 1.807) is 18.4 Å². The SMILES string of the molecule is CCCN(CCC)c1nc2ncnc(SCC(=O)Nc3cc(C)ccc3OC)c2s1. The van der Waals surface area contributed by atoms with Gasteiger partial charge in [0.05, 0.1) is 18.6 Å². The first-order chi connectivity index (χ1) is 14.5. The number of anilines is 2. The third-order valence-electron chi connectivity index (χ3n) is 4.37. The second-order valence-corrected chi connectivity index (χ2v) is 8.80. The largest absolute Gasteiger partial charge is 0.495 e. The summed E-state index contributed by atoms with van der Waals surface area (Å²) in [7, 11) is 1.59. The number of nitrogens with one attached hydrogen (secondary N) is 1. The number of thiazole rings is 1. The van der Waals surface area contributed by atoms with Gasteiger partial charge in [0, 0.05) is 13.1 Å². The summed E-state index contributed by atoms with van der Waals surface area (Å²) in [4.78, 5) is 28.2. The van der Waals surface area contributed by atoms with Crippen molar-refractivity contribution in [3.8, 4) is 5.75 Å². The van der Waals surface area contributed by atoms with Crippen LogP contribution in [0.3, 0.4) is 0 Å². The Kier molecular flexibility index (Phi) is 7.87. The zero-order valence-electron chi connectivity index (χ0n) is 17.8. The molecule has 0 atom stereocenters. The zero-order valence-corrected chi connectivity index (χ0v) is 19.4. The van der Waals surface area contributed by atoms with E-state index in [1.807, 2.05) is 25.1 Å². The number of rotatable bonds is 10. The summed E-state index contributed by atoms with van der Waals surface area (Å²) >= 11 is 2.99. The first-order valence-corrected chi connectivity index (χ1v) is 11.8. The number of amides is 1. The van der Waals surface area contributed by atoms with Crippen molar-refractivity contribution in [3.05, 3.63) is 30.1 Å². The summed E-state index contributed by atoms with van der Waals surface area (Å²) in [5.74, 6) is 0.769. The van der Waals surface area contributed by atoms with E-state index >= 15 is 0 Å². The van der Waals surface area contributed by atoms with Crippen LogP contribution in [-0.4, -0.2) is 46.8 Å². The number of thioether (sulfide) groups is 1. The summed E-state index contributed by atoms with van der Waals surface area (Å²) in [6.45, 7) is 8.23. The van der Waals surface area contributed by atoms with Gasteiger partial charge >= 0.3 is 0 Å². The molecule has 0 spiro atoms. The van der Waals surface area contributed by atoms with Crippen molar-refractivity contribution >= 4 is 50.2 Å². The Morgan fingerprint density at radius 2 is 2.00 bits per heavy atom. The van der Waals surface area contributed by atoms with Crippen LogP contribution in [0, 0.1) is 6.92 Å². The average Bonchev–Trinajstić information content (AvgIpc) is 3.17. The number of benzene rings is 1. The Morgan fingerprint density at radius 1 is 1.23 bits per heavy atom. The lowest BCUT2D eigenvalue weighted by molar-refractivity contribution is -0.113. The Bertz CT molecular complexity index is 1000. The third kappa shape index (κ3) is 5.40. The lowest BCUT2D eigenvalue weighted by Gasteiger charge is -2.19. The molecule has 30 heavy (non-hydrogen) atoms. The van der Waals surface area contributed by atoms with Crippen molar-refractivity contribution in [2.45, 2.75) is 38.6 Å². The quantitative estimate of drug-likeness (QED) is 0.356. The average molecular weight is 446 g/mol. The Labute approximate surface area is 185 Å². The van der Waals surface area contributed by atoms with E-state index in [0.717, 1.165) is 46.4 Å². The summed E-state index contributed by atoms with van der Waals surface area (Å²) in [5, 5.41) is 4.67. The van der Waals surface area contributed by atoms with Crippen LogP contribution in [0.2, 0.25) is 0 Å². The minimum absolute atomic E-state index is 0.112. The number of carbonyl (C=O) groups is 1.